The summed E-state index contributed by atoms with van der Waals surface area (Å²) in [5.41, 5.74) is 0.436. The Bertz CT molecular complexity index is 736. The van der Waals surface area contributed by atoms with E-state index >= 15 is 0 Å². The Hall–Kier alpha value is -1.90. The van der Waals surface area contributed by atoms with Gasteiger partial charge in [-0.25, -0.2) is 17.9 Å². The Labute approximate surface area is 119 Å². The third-order valence-electron chi connectivity index (χ3n) is 2.50. The molecular weight excluding hydrogens is 302 g/mol. The third kappa shape index (κ3) is 3.16. The lowest BCUT2D eigenvalue weighted by Crippen LogP contribution is -2.22. The van der Waals surface area contributed by atoms with E-state index in [9.17, 15) is 18.3 Å². The van der Waals surface area contributed by atoms with E-state index in [0.717, 1.165) is 0 Å². The van der Waals surface area contributed by atoms with Crippen LogP contribution in [-0.2, 0) is 16.6 Å². The first-order valence-corrected chi connectivity index (χ1v) is 7.80. The van der Waals surface area contributed by atoms with Gasteiger partial charge in [-0.15, -0.1) is 11.3 Å². The Kier molecular flexibility index (Phi) is 4.07. The molecule has 0 radical (unpaired) electrons. The number of hydrogen-bond acceptors (Lipinski definition) is 5. The lowest BCUT2D eigenvalue weighted by molar-refractivity contribution is 0.0702. The highest BCUT2D eigenvalue weighted by atomic mass is 32.2. The highest BCUT2D eigenvalue weighted by molar-refractivity contribution is 7.91. The topological polar surface area (TPSA) is 104 Å². The van der Waals surface area contributed by atoms with Crippen molar-refractivity contribution in [1.29, 1.82) is 0 Å². The van der Waals surface area contributed by atoms with Gasteiger partial charge < -0.3 is 10.2 Å². The normalized spacial score (nSPS) is 11.4. The number of aromatic hydroxyl groups is 1. The number of benzene rings is 1. The highest BCUT2D eigenvalue weighted by Gasteiger charge is 2.19. The summed E-state index contributed by atoms with van der Waals surface area (Å²) >= 11 is 0.675. The number of hydrogen-bond donors (Lipinski definition) is 3. The molecule has 0 atom stereocenters. The number of thiophene rings is 1. The van der Waals surface area contributed by atoms with Gasteiger partial charge in [-0.2, -0.15) is 0 Å². The van der Waals surface area contributed by atoms with Crippen molar-refractivity contribution < 1.29 is 23.4 Å². The van der Waals surface area contributed by atoms with E-state index in [1.807, 2.05) is 0 Å². The van der Waals surface area contributed by atoms with Gasteiger partial charge in [0.05, 0.1) is 0 Å². The van der Waals surface area contributed by atoms with Crippen LogP contribution >= 0.6 is 11.3 Å². The molecule has 0 aliphatic rings. The Morgan fingerprint density at radius 3 is 2.50 bits per heavy atom. The van der Waals surface area contributed by atoms with Crippen molar-refractivity contribution in [2.75, 3.05) is 0 Å². The molecule has 0 saturated carbocycles. The van der Waals surface area contributed by atoms with Crippen molar-refractivity contribution in [2.45, 2.75) is 10.8 Å². The third-order valence-corrected chi connectivity index (χ3v) is 5.47. The number of phenolic OH excluding ortho intramolecular Hbond substituents is 1. The molecule has 0 bridgehead atoms. The van der Waals surface area contributed by atoms with Crippen LogP contribution in [0, 0.1) is 0 Å². The summed E-state index contributed by atoms with van der Waals surface area (Å²) < 4.78 is 26.2. The molecular formula is C12H11NO5S2. The van der Waals surface area contributed by atoms with Crippen LogP contribution < -0.4 is 4.72 Å². The van der Waals surface area contributed by atoms with Gasteiger partial charge in [0.1, 0.15) is 14.8 Å². The van der Waals surface area contributed by atoms with Crippen molar-refractivity contribution in [2.24, 2.45) is 0 Å². The van der Waals surface area contributed by atoms with Crippen LogP contribution in [-0.4, -0.2) is 24.6 Å². The molecule has 1 heterocycles. The van der Waals surface area contributed by atoms with E-state index in [1.165, 1.54) is 18.2 Å². The predicted molar refractivity (Wildman–Crippen MR) is 73.4 cm³/mol. The summed E-state index contributed by atoms with van der Waals surface area (Å²) in [6, 6.07) is 8.83. The van der Waals surface area contributed by atoms with Crippen LogP contribution in [0.1, 0.15) is 15.2 Å². The molecule has 8 heteroatoms. The largest absolute Gasteiger partial charge is 0.508 e. The minimum atomic E-state index is -3.79. The number of carbonyl (C=O) groups is 1. The summed E-state index contributed by atoms with van der Waals surface area (Å²) in [7, 11) is -3.79. The molecule has 1 aromatic heterocycles. The second kappa shape index (κ2) is 5.61. The van der Waals surface area contributed by atoms with Gasteiger partial charge in [0.25, 0.3) is 0 Å². The van der Waals surface area contributed by atoms with Crippen molar-refractivity contribution in [1.82, 2.24) is 4.72 Å². The van der Waals surface area contributed by atoms with Crippen LogP contribution in [0.2, 0.25) is 0 Å². The van der Waals surface area contributed by atoms with Gasteiger partial charge in [-0.05, 0) is 18.2 Å². The van der Waals surface area contributed by atoms with Gasteiger partial charge in [0, 0.05) is 12.1 Å². The maximum absolute atomic E-state index is 12.0. The number of aromatic carboxylic acids is 1. The number of carboxylic acid groups (broad SMARTS) is 1. The quantitative estimate of drug-likeness (QED) is 0.778. The summed E-state index contributed by atoms with van der Waals surface area (Å²) in [6.07, 6.45) is 0. The van der Waals surface area contributed by atoms with Gasteiger partial charge in [-0.1, -0.05) is 18.2 Å². The van der Waals surface area contributed by atoms with E-state index in [4.69, 9.17) is 5.11 Å². The van der Waals surface area contributed by atoms with Crippen molar-refractivity contribution >= 4 is 27.3 Å². The first-order valence-electron chi connectivity index (χ1n) is 5.50. The number of carboxylic acids is 1. The van der Waals surface area contributed by atoms with Gasteiger partial charge >= 0.3 is 5.97 Å². The monoisotopic (exact) mass is 313 g/mol. The minimum Gasteiger partial charge on any atom is -0.508 e. The summed E-state index contributed by atoms with van der Waals surface area (Å²) in [5, 5.41) is 18.3. The SMILES string of the molecule is O=C(O)c1ccc(S(=O)(=O)NCc2ccccc2O)s1. The van der Waals surface area contributed by atoms with Crippen molar-refractivity contribution in [3.8, 4) is 5.75 Å². The fourth-order valence-electron chi connectivity index (χ4n) is 1.48. The molecule has 3 N–H and O–H groups in total. The number of rotatable bonds is 5. The second-order valence-electron chi connectivity index (χ2n) is 3.88. The van der Waals surface area contributed by atoms with Gasteiger partial charge in [0.2, 0.25) is 10.0 Å². The zero-order chi connectivity index (χ0) is 14.8. The van der Waals surface area contributed by atoms with Crippen LogP contribution in [0.15, 0.2) is 40.6 Å². The Morgan fingerprint density at radius 1 is 1.20 bits per heavy atom. The lowest BCUT2D eigenvalue weighted by Gasteiger charge is -2.06. The summed E-state index contributed by atoms with van der Waals surface area (Å²) in [4.78, 5) is 10.7. The highest BCUT2D eigenvalue weighted by Crippen LogP contribution is 2.22. The van der Waals surface area contributed by atoms with Crippen LogP contribution in [0.4, 0.5) is 0 Å². The molecule has 0 unspecified atom stereocenters. The molecule has 0 spiro atoms. The minimum absolute atomic E-state index is 0.00685. The molecule has 0 aliphatic carbocycles. The molecule has 20 heavy (non-hydrogen) atoms. The maximum Gasteiger partial charge on any atom is 0.345 e. The zero-order valence-corrected chi connectivity index (χ0v) is 11.7. The maximum atomic E-state index is 12.0. The van der Waals surface area contributed by atoms with Crippen LogP contribution in [0.3, 0.4) is 0 Å². The standard InChI is InChI=1S/C12H11NO5S2/c14-9-4-2-1-3-8(9)7-13-20(17,18)11-6-5-10(19-11)12(15)16/h1-6,13-14H,7H2,(H,15,16). The van der Waals surface area contributed by atoms with E-state index in [0.29, 0.717) is 16.9 Å². The smallest absolute Gasteiger partial charge is 0.345 e. The van der Waals surface area contributed by atoms with Gasteiger partial charge in [0.15, 0.2) is 0 Å². The second-order valence-corrected chi connectivity index (χ2v) is 6.95. The molecule has 2 aromatic rings. The predicted octanol–water partition coefficient (Wildman–Crippen LogP) is 1.63. The average Bonchev–Trinajstić information content (AvgIpc) is 2.88. The molecule has 6 nitrogen and oxygen atoms in total. The Morgan fingerprint density at radius 2 is 1.90 bits per heavy atom. The zero-order valence-electron chi connectivity index (χ0n) is 10.1. The number of para-hydroxylation sites is 1. The first kappa shape index (κ1) is 14.5. The van der Waals surface area contributed by atoms with E-state index < -0.39 is 16.0 Å². The fraction of sp³-hybridized carbons (Fsp3) is 0.0833. The summed E-state index contributed by atoms with van der Waals surface area (Å²) in [6.45, 7) is -0.0741. The molecule has 0 saturated heterocycles. The lowest BCUT2D eigenvalue weighted by atomic mass is 10.2. The molecule has 2 rings (SSSR count). The number of phenols is 1. The van der Waals surface area contributed by atoms with Crippen LogP contribution in [0.25, 0.3) is 0 Å². The Balaban J connectivity index is 2.15. The van der Waals surface area contributed by atoms with E-state index in [-0.39, 0.29) is 21.4 Å². The van der Waals surface area contributed by atoms with Crippen molar-refractivity contribution in [3.63, 3.8) is 0 Å². The molecule has 0 aliphatic heterocycles. The van der Waals surface area contributed by atoms with E-state index in [1.54, 1.807) is 18.2 Å². The van der Waals surface area contributed by atoms with Crippen molar-refractivity contribution in [3.05, 3.63) is 46.8 Å². The van der Waals surface area contributed by atoms with Crippen LogP contribution in [0.5, 0.6) is 5.75 Å². The fourth-order valence-corrected chi connectivity index (χ4v) is 3.68. The number of sulfonamides is 1. The summed E-state index contributed by atoms with van der Waals surface area (Å²) in [5.74, 6) is -1.18. The molecule has 0 fully saturated rings. The first-order chi connectivity index (χ1) is 9.40. The molecule has 1 aromatic carbocycles. The molecule has 0 amide bonds. The van der Waals surface area contributed by atoms with Gasteiger partial charge in [-0.3, -0.25) is 0 Å². The van der Waals surface area contributed by atoms with E-state index in [2.05, 4.69) is 4.72 Å². The number of nitrogens with one attached hydrogen (secondary N) is 1. The average molecular weight is 313 g/mol. The molecule has 106 valence electrons.